The van der Waals surface area contributed by atoms with Crippen LogP contribution in [0.1, 0.15) is 24.8 Å². The molecule has 3 fully saturated rings. The second-order valence-corrected chi connectivity index (χ2v) is 12.7. The normalized spacial score (nSPS) is 18.3. The van der Waals surface area contributed by atoms with Crippen LogP contribution in [0, 0.1) is 0 Å². The van der Waals surface area contributed by atoms with E-state index in [1.807, 2.05) is 30.3 Å². The summed E-state index contributed by atoms with van der Waals surface area (Å²) in [6, 6.07) is 17.4. The maximum Gasteiger partial charge on any atom is 0.410 e. The Morgan fingerprint density at radius 2 is 1.53 bits per heavy atom. The first-order chi connectivity index (χ1) is 23.7. The number of hydrogen-bond donors (Lipinski definition) is 2. The molecule has 0 radical (unpaired) electrons. The van der Waals surface area contributed by atoms with E-state index in [4.69, 9.17) is 19.3 Å². The highest BCUT2D eigenvalue weighted by Gasteiger charge is 2.42. The molecule has 3 saturated heterocycles. The minimum Gasteiger partial charge on any atom is -0.478 e. The first-order valence-electron chi connectivity index (χ1n) is 16.2. The number of carboxylic acid groups (broad SMARTS) is 2. The summed E-state index contributed by atoms with van der Waals surface area (Å²) in [5.41, 5.74) is 0.921. The summed E-state index contributed by atoms with van der Waals surface area (Å²) < 4.78 is 11.4. The number of nitrogens with zero attached hydrogens (tertiary/aromatic N) is 6. The number of piperazine rings is 2. The van der Waals surface area contributed by atoms with Crippen molar-refractivity contribution in [3.8, 4) is 0 Å². The Morgan fingerprint density at radius 1 is 0.857 bits per heavy atom. The van der Waals surface area contributed by atoms with Crippen LogP contribution >= 0.6 is 11.5 Å². The molecule has 3 aromatic rings. The molecule has 2 aromatic carbocycles. The number of aliphatic carboxylic acids is 2. The maximum atomic E-state index is 13.2. The first-order valence-corrected chi connectivity index (χ1v) is 17.0. The summed E-state index contributed by atoms with van der Waals surface area (Å²) in [5.74, 6) is -1.57. The molecule has 3 aliphatic heterocycles. The predicted molar refractivity (Wildman–Crippen MR) is 182 cm³/mol. The van der Waals surface area contributed by atoms with E-state index >= 15 is 0 Å². The third kappa shape index (κ3) is 9.54. The minimum atomic E-state index is -1.26. The third-order valence-corrected chi connectivity index (χ3v) is 9.46. The molecule has 3 aliphatic rings. The summed E-state index contributed by atoms with van der Waals surface area (Å²) in [5, 5.41) is 16.9. The molecule has 15 heteroatoms. The molecule has 0 spiro atoms. The average molecular weight is 693 g/mol. The number of hydrogen-bond acceptors (Lipinski definition) is 10. The van der Waals surface area contributed by atoms with E-state index in [0.29, 0.717) is 38.3 Å². The average Bonchev–Trinajstić information content (AvgIpc) is 3.54. The lowest BCUT2D eigenvalue weighted by molar-refractivity contribution is -0.134. The smallest absolute Gasteiger partial charge is 0.410 e. The molecule has 0 saturated carbocycles. The number of imide groups is 1. The number of unbranched alkanes of at least 4 members (excludes halogenated alkanes) is 1. The zero-order valence-electron chi connectivity index (χ0n) is 27.1. The topological polar surface area (TPSA) is 164 Å². The predicted octanol–water partition coefficient (Wildman–Crippen LogP) is 3.59. The van der Waals surface area contributed by atoms with Gasteiger partial charge in [0, 0.05) is 76.3 Å². The van der Waals surface area contributed by atoms with Crippen LogP contribution in [0.3, 0.4) is 0 Å². The Kier molecular flexibility index (Phi) is 12.2. The largest absolute Gasteiger partial charge is 0.478 e. The number of fused-ring (bicyclic) bond motifs is 2. The molecule has 1 aromatic heterocycles. The van der Waals surface area contributed by atoms with Gasteiger partial charge < -0.3 is 29.6 Å². The Labute approximate surface area is 287 Å². The van der Waals surface area contributed by atoms with Crippen molar-refractivity contribution < 1.29 is 38.9 Å². The van der Waals surface area contributed by atoms with Crippen LogP contribution in [0.15, 0.2) is 66.7 Å². The summed E-state index contributed by atoms with van der Waals surface area (Å²) in [4.78, 5) is 67.4. The second-order valence-electron chi connectivity index (χ2n) is 11.9. The van der Waals surface area contributed by atoms with Gasteiger partial charge >= 0.3 is 24.1 Å². The van der Waals surface area contributed by atoms with E-state index in [9.17, 15) is 24.0 Å². The van der Waals surface area contributed by atoms with Crippen LogP contribution in [0.4, 0.5) is 15.4 Å². The Balaban J connectivity index is 0.000000523. The standard InChI is InChI=1S/C30H36N6O4S.C4H4O4/c37-27-20-24-21-34(30(39)40-22-23-8-2-1-3-9-23)18-19-35(24)29(38)36(27)13-7-6-12-32-14-16-33(17-15-32)28-25-10-4-5-11-26(25)41-31-28;5-3(6)1-2-4(7)8/h1-5,8-11,24H,6-7,12-22H2;1-2H,(H,5,6)(H,7,8)/b;2-1+. The van der Waals surface area contributed by atoms with E-state index in [1.54, 1.807) is 21.3 Å². The summed E-state index contributed by atoms with van der Waals surface area (Å²) in [7, 11) is 0. The van der Waals surface area contributed by atoms with Crippen LogP contribution in [-0.2, 0) is 25.7 Å². The number of rotatable bonds is 10. The molecule has 0 aliphatic carbocycles. The number of ether oxygens (including phenoxy) is 1. The van der Waals surface area contributed by atoms with E-state index in [0.717, 1.165) is 56.9 Å². The number of carbonyl (C=O) groups is 5. The first kappa shape index (κ1) is 35.3. The van der Waals surface area contributed by atoms with Crippen molar-refractivity contribution in [3.05, 3.63) is 72.3 Å². The summed E-state index contributed by atoms with van der Waals surface area (Å²) in [6.45, 7) is 6.58. The molecule has 1 unspecified atom stereocenters. The lowest BCUT2D eigenvalue weighted by atomic mass is 10.0. The van der Waals surface area contributed by atoms with Gasteiger partial charge in [0.2, 0.25) is 5.91 Å². The quantitative estimate of drug-likeness (QED) is 0.236. The number of amides is 4. The molecule has 0 bridgehead atoms. The summed E-state index contributed by atoms with van der Waals surface area (Å²) >= 11 is 1.56. The molecule has 4 amide bonds. The summed E-state index contributed by atoms with van der Waals surface area (Å²) in [6.07, 6.45) is 2.66. The minimum absolute atomic E-state index is 0.153. The fourth-order valence-electron chi connectivity index (χ4n) is 6.08. The van der Waals surface area contributed by atoms with Crippen LogP contribution in [-0.4, -0.2) is 129 Å². The van der Waals surface area contributed by atoms with E-state index in [-0.39, 0.29) is 31.0 Å². The van der Waals surface area contributed by atoms with Crippen LogP contribution in [0.2, 0.25) is 0 Å². The molecule has 4 heterocycles. The van der Waals surface area contributed by atoms with Gasteiger partial charge in [-0.1, -0.05) is 42.5 Å². The van der Waals surface area contributed by atoms with Gasteiger partial charge in [0.25, 0.3) is 0 Å². The van der Waals surface area contributed by atoms with Gasteiger partial charge in [0.15, 0.2) is 0 Å². The van der Waals surface area contributed by atoms with E-state index in [2.05, 4.69) is 34.1 Å². The van der Waals surface area contributed by atoms with Crippen LogP contribution < -0.4 is 4.90 Å². The second kappa shape index (κ2) is 16.9. The van der Waals surface area contributed by atoms with Gasteiger partial charge in [-0.25, -0.2) is 19.2 Å². The fraction of sp³-hybridized carbons (Fsp3) is 0.412. The van der Waals surface area contributed by atoms with Crippen LogP contribution in [0.5, 0.6) is 0 Å². The van der Waals surface area contributed by atoms with Gasteiger partial charge in [-0.05, 0) is 48.6 Å². The molecule has 2 N–H and O–H groups in total. The SMILES string of the molecule is O=C(O)/C=C/C(=O)O.O=C(OCc1ccccc1)N1CCN2C(=O)N(CCCCN3CCN(c4nsc5ccccc45)CC3)C(=O)CC2C1. The van der Waals surface area contributed by atoms with Gasteiger partial charge in [-0.15, -0.1) is 0 Å². The van der Waals surface area contributed by atoms with E-state index in [1.165, 1.54) is 15.0 Å². The van der Waals surface area contributed by atoms with Crippen LogP contribution in [0.25, 0.3) is 10.1 Å². The van der Waals surface area contributed by atoms with E-state index < -0.39 is 18.0 Å². The van der Waals surface area contributed by atoms with Crippen molar-refractivity contribution in [3.63, 3.8) is 0 Å². The number of anilines is 1. The zero-order valence-corrected chi connectivity index (χ0v) is 27.9. The van der Waals surface area contributed by atoms with Gasteiger partial charge in [0.05, 0.1) is 10.7 Å². The zero-order chi connectivity index (χ0) is 34.8. The van der Waals surface area contributed by atoms with Gasteiger partial charge in [0.1, 0.15) is 12.4 Å². The number of carboxylic acids is 2. The molecular weight excluding hydrogens is 652 g/mol. The highest BCUT2D eigenvalue weighted by Crippen LogP contribution is 2.30. The van der Waals surface area contributed by atoms with Gasteiger partial charge in [-0.2, -0.15) is 4.37 Å². The molecule has 14 nitrogen and oxygen atoms in total. The lowest BCUT2D eigenvalue weighted by Gasteiger charge is -2.45. The molecule has 1 atom stereocenters. The Bertz CT molecular complexity index is 1640. The van der Waals surface area contributed by atoms with Crippen molar-refractivity contribution in [2.75, 3.05) is 63.8 Å². The monoisotopic (exact) mass is 692 g/mol. The fourth-order valence-corrected chi connectivity index (χ4v) is 6.88. The lowest BCUT2D eigenvalue weighted by Crippen LogP contribution is -2.64. The van der Waals surface area contributed by atoms with Crippen molar-refractivity contribution >= 4 is 57.4 Å². The molecule has 49 heavy (non-hydrogen) atoms. The van der Waals surface area contributed by atoms with Crippen molar-refractivity contribution in [1.29, 1.82) is 0 Å². The maximum absolute atomic E-state index is 13.2. The highest BCUT2D eigenvalue weighted by molar-refractivity contribution is 7.13. The van der Waals surface area contributed by atoms with Gasteiger partial charge in [-0.3, -0.25) is 14.6 Å². The molecule has 260 valence electrons. The Hall–Kier alpha value is -5.02. The number of urea groups is 1. The number of benzene rings is 2. The van der Waals surface area contributed by atoms with Crippen molar-refractivity contribution in [2.24, 2.45) is 0 Å². The number of aromatic nitrogens is 1. The third-order valence-electron chi connectivity index (χ3n) is 8.64. The van der Waals surface area contributed by atoms with Crippen molar-refractivity contribution in [1.82, 2.24) is 24.0 Å². The van der Waals surface area contributed by atoms with Crippen molar-refractivity contribution in [2.45, 2.75) is 31.9 Å². The Morgan fingerprint density at radius 3 is 2.24 bits per heavy atom. The highest BCUT2D eigenvalue weighted by atomic mass is 32.1. The molecular formula is C34H40N6O8S. The molecule has 6 rings (SSSR count). The number of carbonyl (C=O) groups excluding carboxylic acids is 3.